The molecule has 2 aliphatic heterocycles. The third kappa shape index (κ3) is 2.53. The lowest BCUT2D eigenvalue weighted by atomic mass is 10.0. The van der Waals surface area contributed by atoms with Crippen molar-refractivity contribution in [2.24, 2.45) is 0 Å². The summed E-state index contributed by atoms with van der Waals surface area (Å²) in [6.45, 7) is -0.105. The highest BCUT2D eigenvalue weighted by Gasteiger charge is 2.65. The molecule has 0 N–H and O–H groups in total. The van der Waals surface area contributed by atoms with Gasteiger partial charge in [-0.15, -0.1) is 0 Å². The molecular formula is C10H12F5NO3. The molecular weight excluding hydrogens is 277 g/mol. The molecule has 0 bridgehead atoms. The van der Waals surface area contributed by atoms with E-state index in [1.54, 1.807) is 0 Å². The maximum atomic E-state index is 13.0. The van der Waals surface area contributed by atoms with Crippen molar-refractivity contribution in [3.05, 3.63) is 0 Å². The van der Waals surface area contributed by atoms with Gasteiger partial charge in [-0.1, -0.05) is 0 Å². The van der Waals surface area contributed by atoms with Gasteiger partial charge >= 0.3 is 18.0 Å². The molecule has 9 heteroatoms. The first-order valence-corrected chi connectivity index (χ1v) is 5.70. The Labute approximate surface area is 105 Å². The molecule has 0 unspecified atom stereocenters. The number of amides is 1. The Morgan fingerprint density at radius 3 is 2.21 bits per heavy atom. The van der Waals surface area contributed by atoms with Gasteiger partial charge in [0, 0.05) is 13.0 Å². The number of rotatable bonds is 1. The topological polar surface area (TPSA) is 38.8 Å². The fourth-order valence-corrected chi connectivity index (χ4v) is 2.21. The second-order valence-corrected chi connectivity index (χ2v) is 4.51. The third-order valence-electron chi connectivity index (χ3n) is 3.14. The Morgan fingerprint density at radius 1 is 1.11 bits per heavy atom. The van der Waals surface area contributed by atoms with Gasteiger partial charge in [-0.05, 0) is 6.42 Å². The van der Waals surface area contributed by atoms with Crippen LogP contribution in [0.25, 0.3) is 0 Å². The van der Waals surface area contributed by atoms with E-state index < -0.39 is 30.3 Å². The molecule has 19 heavy (non-hydrogen) atoms. The molecule has 4 nitrogen and oxygen atoms in total. The number of alkyl halides is 5. The molecule has 0 aliphatic carbocycles. The molecule has 0 aromatic carbocycles. The van der Waals surface area contributed by atoms with Crippen LogP contribution in [-0.2, 0) is 14.3 Å². The quantitative estimate of drug-likeness (QED) is 0.688. The Hall–Kier alpha value is -0.960. The maximum absolute atomic E-state index is 13.0. The lowest BCUT2D eigenvalue weighted by Gasteiger charge is -2.39. The van der Waals surface area contributed by atoms with Crippen LogP contribution in [0.2, 0.25) is 0 Å². The molecule has 0 radical (unpaired) electrons. The van der Waals surface area contributed by atoms with Crippen molar-refractivity contribution < 1.29 is 36.2 Å². The van der Waals surface area contributed by atoms with E-state index in [1.165, 1.54) is 0 Å². The van der Waals surface area contributed by atoms with Crippen molar-refractivity contribution in [1.29, 1.82) is 0 Å². The largest absolute Gasteiger partial charge is 0.463 e. The zero-order valence-corrected chi connectivity index (χ0v) is 9.80. The van der Waals surface area contributed by atoms with E-state index in [9.17, 15) is 26.7 Å². The summed E-state index contributed by atoms with van der Waals surface area (Å²) < 4.78 is 72.9. The van der Waals surface area contributed by atoms with Crippen molar-refractivity contribution in [2.45, 2.75) is 30.7 Å². The number of ether oxygens (including phenoxy) is 2. The van der Waals surface area contributed by atoms with Crippen LogP contribution in [0.1, 0.15) is 12.8 Å². The SMILES string of the molecule is O=C(N1CCCC2(C1)OCCO2)C(F)(F)C(F)(F)F. The minimum atomic E-state index is -5.90. The molecule has 2 rings (SSSR count). The number of carbonyl (C=O) groups is 1. The maximum Gasteiger partial charge on any atom is 0.463 e. The first-order chi connectivity index (χ1) is 8.68. The summed E-state index contributed by atoms with van der Waals surface area (Å²) in [5.41, 5.74) is 0. The summed E-state index contributed by atoms with van der Waals surface area (Å²) in [6.07, 6.45) is -5.28. The summed E-state index contributed by atoms with van der Waals surface area (Å²) in [6, 6.07) is 0. The molecule has 1 amide bonds. The first kappa shape index (κ1) is 14.4. The summed E-state index contributed by atoms with van der Waals surface area (Å²) in [4.78, 5) is 11.8. The van der Waals surface area contributed by atoms with Gasteiger partial charge in [-0.25, -0.2) is 0 Å². The summed E-state index contributed by atoms with van der Waals surface area (Å²) in [5, 5.41) is 0. The van der Waals surface area contributed by atoms with Gasteiger partial charge in [-0.2, -0.15) is 22.0 Å². The average Bonchev–Trinajstić information content (AvgIpc) is 2.74. The summed E-state index contributed by atoms with van der Waals surface area (Å²) in [5.74, 6) is -8.86. The number of nitrogens with zero attached hydrogens (tertiary/aromatic N) is 1. The molecule has 0 aromatic heterocycles. The summed E-state index contributed by atoms with van der Waals surface area (Å²) >= 11 is 0. The van der Waals surface area contributed by atoms with Gasteiger partial charge in [-0.3, -0.25) is 4.79 Å². The second kappa shape index (κ2) is 4.55. The Balaban J connectivity index is 2.11. The Morgan fingerprint density at radius 2 is 1.68 bits per heavy atom. The fraction of sp³-hybridized carbons (Fsp3) is 0.900. The minimum absolute atomic E-state index is 0.168. The van der Waals surface area contributed by atoms with Crippen molar-refractivity contribution >= 4 is 5.91 Å². The van der Waals surface area contributed by atoms with Crippen molar-refractivity contribution in [3.63, 3.8) is 0 Å². The van der Waals surface area contributed by atoms with Crippen LogP contribution in [0.5, 0.6) is 0 Å². The van der Waals surface area contributed by atoms with Crippen molar-refractivity contribution in [2.75, 3.05) is 26.3 Å². The van der Waals surface area contributed by atoms with E-state index in [2.05, 4.69) is 0 Å². The van der Waals surface area contributed by atoms with Crippen LogP contribution < -0.4 is 0 Å². The van der Waals surface area contributed by atoms with E-state index in [4.69, 9.17) is 9.47 Å². The molecule has 2 aliphatic rings. The fourth-order valence-electron chi connectivity index (χ4n) is 2.21. The zero-order chi connectivity index (χ0) is 14.3. The van der Waals surface area contributed by atoms with Gasteiger partial charge < -0.3 is 14.4 Å². The van der Waals surface area contributed by atoms with E-state index in [-0.39, 0.29) is 26.2 Å². The molecule has 0 saturated carbocycles. The monoisotopic (exact) mass is 289 g/mol. The molecule has 1 spiro atoms. The van der Waals surface area contributed by atoms with E-state index in [1.807, 2.05) is 0 Å². The van der Waals surface area contributed by atoms with Gasteiger partial charge in [0.1, 0.15) is 0 Å². The summed E-state index contributed by atoms with van der Waals surface area (Å²) in [7, 11) is 0. The van der Waals surface area contributed by atoms with E-state index >= 15 is 0 Å². The zero-order valence-electron chi connectivity index (χ0n) is 9.80. The normalized spacial score (nSPS) is 23.9. The number of halogens is 5. The lowest BCUT2D eigenvalue weighted by molar-refractivity contribution is -0.278. The Bertz CT molecular complexity index is 365. The van der Waals surface area contributed by atoms with Crippen LogP contribution in [0.4, 0.5) is 22.0 Å². The number of hydrogen-bond donors (Lipinski definition) is 0. The van der Waals surface area contributed by atoms with Crippen LogP contribution in [0, 0.1) is 0 Å². The smallest absolute Gasteiger partial charge is 0.346 e. The third-order valence-corrected chi connectivity index (χ3v) is 3.14. The van der Waals surface area contributed by atoms with Crippen LogP contribution >= 0.6 is 0 Å². The Kier molecular flexibility index (Phi) is 3.46. The predicted octanol–water partition coefficient (Wildman–Crippen LogP) is 1.55. The van der Waals surface area contributed by atoms with Gasteiger partial charge in [0.2, 0.25) is 0 Å². The number of likely N-dealkylation sites (tertiary alicyclic amines) is 1. The van der Waals surface area contributed by atoms with Gasteiger partial charge in [0.05, 0.1) is 19.8 Å². The predicted molar refractivity (Wildman–Crippen MR) is 51.5 cm³/mol. The van der Waals surface area contributed by atoms with Crippen LogP contribution in [0.3, 0.4) is 0 Å². The second-order valence-electron chi connectivity index (χ2n) is 4.51. The number of piperidine rings is 1. The van der Waals surface area contributed by atoms with E-state index in [0.717, 1.165) is 0 Å². The highest BCUT2D eigenvalue weighted by atomic mass is 19.4. The van der Waals surface area contributed by atoms with Crippen LogP contribution in [-0.4, -0.2) is 55.0 Å². The lowest BCUT2D eigenvalue weighted by Crippen LogP contribution is -2.58. The molecule has 110 valence electrons. The highest BCUT2D eigenvalue weighted by Crippen LogP contribution is 2.39. The standard InChI is InChI=1S/C10H12F5NO3/c11-9(12,10(13,14)15)7(17)16-3-1-2-8(6-16)18-4-5-19-8/h1-6H2. The number of hydrogen-bond acceptors (Lipinski definition) is 3. The molecule has 2 saturated heterocycles. The number of carbonyl (C=O) groups excluding carboxylic acids is 1. The van der Waals surface area contributed by atoms with Crippen LogP contribution in [0.15, 0.2) is 0 Å². The highest BCUT2D eigenvalue weighted by molar-refractivity contribution is 5.84. The average molecular weight is 289 g/mol. The molecule has 0 atom stereocenters. The molecule has 2 heterocycles. The van der Waals surface area contributed by atoms with Crippen molar-refractivity contribution in [3.8, 4) is 0 Å². The molecule has 0 aromatic rings. The van der Waals surface area contributed by atoms with E-state index in [0.29, 0.717) is 11.3 Å². The first-order valence-electron chi connectivity index (χ1n) is 5.70. The molecule has 2 fully saturated rings. The van der Waals surface area contributed by atoms with Gasteiger partial charge in [0.15, 0.2) is 5.79 Å². The van der Waals surface area contributed by atoms with Crippen molar-refractivity contribution in [1.82, 2.24) is 4.90 Å². The van der Waals surface area contributed by atoms with Gasteiger partial charge in [0.25, 0.3) is 0 Å². The minimum Gasteiger partial charge on any atom is -0.346 e.